The molecule has 0 saturated carbocycles. The van der Waals surface area contributed by atoms with Gasteiger partial charge in [-0.3, -0.25) is 4.90 Å². The van der Waals surface area contributed by atoms with Gasteiger partial charge in [0.2, 0.25) is 0 Å². The van der Waals surface area contributed by atoms with E-state index < -0.39 is 6.43 Å². The third kappa shape index (κ3) is 6.67. The number of nitrogen functional groups attached to an aromatic ring is 1. The van der Waals surface area contributed by atoms with Crippen LogP contribution in [0.3, 0.4) is 0 Å². The maximum absolute atomic E-state index is 12.5. The Labute approximate surface area is 215 Å². The van der Waals surface area contributed by atoms with E-state index in [9.17, 15) is 13.9 Å². The van der Waals surface area contributed by atoms with Crippen LogP contribution in [0.25, 0.3) is 17.3 Å². The number of anilines is 3. The molecule has 0 spiro atoms. The molecule has 0 radical (unpaired) electrons. The number of hydrogen-bond donors (Lipinski definition) is 2. The number of benzene rings is 1. The molecule has 3 aromatic rings. The Balaban J connectivity index is 1.48. The zero-order chi connectivity index (χ0) is 26.4. The number of hydrogen-bond acceptors (Lipinski definition) is 9. The van der Waals surface area contributed by atoms with Crippen LogP contribution in [0.5, 0.6) is 5.75 Å². The van der Waals surface area contributed by atoms with Crippen molar-refractivity contribution in [3.05, 3.63) is 54.5 Å². The Bertz CT molecular complexity index is 1220. The summed E-state index contributed by atoms with van der Waals surface area (Å²) in [6.07, 6.45) is 3.75. The zero-order valence-corrected chi connectivity index (χ0v) is 21.0. The van der Waals surface area contributed by atoms with E-state index in [2.05, 4.69) is 31.9 Å². The van der Waals surface area contributed by atoms with Crippen molar-refractivity contribution >= 4 is 23.4 Å². The molecule has 1 fully saturated rings. The monoisotopic (exact) mass is 510 g/mol. The molecule has 1 saturated heterocycles. The van der Waals surface area contributed by atoms with E-state index in [1.807, 2.05) is 18.2 Å². The molecule has 196 valence electrons. The number of phenolic OH excluding ortho intramolecular Hbond substituents is 1. The van der Waals surface area contributed by atoms with Crippen LogP contribution in [0, 0.1) is 0 Å². The molecule has 1 atom stereocenters. The van der Waals surface area contributed by atoms with E-state index in [0.717, 1.165) is 24.5 Å². The number of halogens is 2. The molecule has 0 unspecified atom stereocenters. The molecule has 3 N–H and O–H groups in total. The van der Waals surface area contributed by atoms with E-state index in [0.29, 0.717) is 42.5 Å². The Morgan fingerprint density at radius 2 is 2.00 bits per heavy atom. The van der Waals surface area contributed by atoms with E-state index in [-0.39, 0.29) is 18.3 Å². The average molecular weight is 511 g/mol. The second-order valence-electron chi connectivity index (χ2n) is 9.12. The predicted octanol–water partition coefficient (Wildman–Crippen LogP) is 3.54. The van der Waals surface area contributed by atoms with Gasteiger partial charge in [0.25, 0.3) is 6.43 Å². The Morgan fingerprint density at radius 3 is 2.78 bits per heavy atom. The molecular weight excluding hydrogens is 478 g/mol. The van der Waals surface area contributed by atoms with Gasteiger partial charge in [-0.05, 0) is 50.7 Å². The fourth-order valence-electron chi connectivity index (χ4n) is 4.36. The van der Waals surface area contributed by atoms with E-state index >= 15 is 0 Å². The molecule has 3 heterocycles. The zero-order valence-electron chi connectivity index (χ0n) is 21.0. The van der Waals surface area contributed by atoms with Gasteiger partial charge in [-0.15, -0.1) is 10.2 Å². The molecule has 0 aliphatic carbocycles. The first kappa shape index (κ1) is 26.2. The molecule has 0 amide bonds. The number of aromatic nitrogens is 4. The van der Waals surface area contributed by atoms with Crippen molar-refractivity contribution in [1.29, 1.82) is 0 Å². The van der Waals surface area contributed by atoms with Crippen molar-refractivity contribution in [1.82, 2.24) is 25.1 Å². The summed E-state index contributed by atoms with van der Waals surface area (Å²) in [7, 11) is 1.65. The summed E-state index contributed by atoms with van der Waals surface area (Å²) < 4.78 is 25.0. The SMILES string of the molecule is C[C@@H]1CCN(c2cc(-c3ccccc3O)nnc2N)CCN1c1ccnc(/C=C/CN(C)CC(F)F)n1. The van der Waals surface area contributed by atoms with Crippen molar-refractivity contribution in [2.45, 2.75) is 25.8 Å². The van der Waals surface area contributed by atoms with Crippen LogP contribution < -0.4 is 15.5 Å². The van der Waals surface area contributed by atoms with Crippen molar-refractivity contribution < 1.29 is 13.9 Å². The lowest BCUT2D eigenvalue weighted by molar-refractivity contribution is 0.105. The van der Waals surface area contributed by atoms with Gasteiger partial charge in [-0.1, -0.05) is 18.2 Å². The van der Waals surface area contributed by atoms with Crippen molar-refractivity contribution in [3.63, 3.8) is 0 Å². The quantitative estimate of drug-likeness (QED) is 0.470. The van der Waals surface area contributed by atoms with Crippen molar-refractivity contribution in [3.8, 4) is 17.0 Å². The van der Waals surface area contributed by atoms with Crippen LogP contribution in [0.15, 0.2) is 48.7 Å². The molecule has 11 heteroatoms. The van der Waals surface area contributed by atoms with Gasteiger partial charge in [0.15, 0.2) is 11.6 Å². The van der Waals surface area contributed by atoms with Crippen LogP contribution in [0.1, 0.15) is 19.2 Å². The highest BCUT2D eigenvalue weighted by atomic mass is 19.3. The van der Waals surface area contributed by atoms with Gasteiger partial charge in [-0.2, -0.15) is 0 Å². The molecule has 1 aromatic carbocycles. The van der Waals surface area contributed by atoms with E-state index in [1.54, 1.807) is 48.5 Å². The standard InChI is InChI=1S/C26H32F2N8O/c1-18-10-13-35(21-16-20(32-33-26(21)29)19-6-3-4-7-22(19)37)14-15-36(18)25-9-11-30-24(31-25)8-5-12-34(2)17-23(27)28/h3-9,11,16,18,23,37H,10,12-15,17H2,1-2H3,(H2,29,33)/b8-5+/t18-/m1/s1. The van der Waals surface area contributed by atoms with E-state index in [1.165, 1.54) is 0 Å². The first-order chi connectivity index (χ1) is 17.8. The van der Waals surface area contributed by atoms with Gasteiger partial charge < -0.3 is 20.6 Å². The first-order valence-corrected chi connectivity index (χ1v) is 12.2. The summed E-state index contributed by atoms with van der Waals surface area (Å²) in [6.45, 7) is 4.42. The topological polar surface area (TPSA) is 108 Å². The minimum atomic E-state index is -2.36. The van der Waals surface area contributed by atoms with Crippen LogP contribution >= 0.6 is 0 Å². The number of likely N-dealkylation sites (N-methyl/N-ethyl adjacent to an activating group) is 1. The third-order valence-electron chi connectivity index (χ3n) is 6.37. The normalized spacial score (nSPS) is 16.6. The van der Waals surface area contributed by atoms with Gasteiger partial charge >= 0.3 is 0 Å². The predicted molar refractivity (Wildman–Crippen MR) is 142 cm³/mol. The molecule has 9 nitrogen and oxygen atoms in total. The molecule has 0 bridgehead atoms. The lowest BCUT2D eigenvalue weighted by atomic mass is 10.1. The molecular formula is C26H32F2N8O. The minimum absolute atomic E-state index is 0.137. The number of phenols is 1. The van der Waals surface area contributed by atoms with Crippen LogP contribution in [-0.2, 0) is 0 Å². The second-order valence-corrected chi connectivity index (χ2v) is 9.12. The summed E-state index contributed by atoms with van der Waals surface area (Å²) in [5.41, 5.74) is 8.15. The highest BCUT2D eigenvalue weighted by Crippen LogP contribution is 2.32. The minimum Gasteiger partial charge on any atom is -0.507 e. The summed E-state index contributed by atoms with van der Waals surface area (Å²) >= 11 is 0. The highest BCUT2D eigenvalue weighted by Gasteiger charge is 2.24. The summed E-state index contributed by atoms with van der Waals surface area (Å²) in [4.78, 5) is 15.0. The summed E-state index contributed by atoms with van der Waals surface area (Å²) in [5, 5.41) is 18.6. The lowest BCUT2D eigenvalue weighted by Gasteiger charge is -2.28. The van der Waals surface area contributed by atoms with Crippen molar-refractivity contribution in [2.24, 2.45) is 0 Å². The molecule has 1 aliphatic heterocycles. The third-order valence-corrected chi connectivity index (χ3v) is 6.37. The first-order valence-electron chi connectivity index (χ1n) is 12.2. The second kappa shape index (κ2) is 11.9. The largest absolute Gasteiger partial charge is 0.507 e. The van der Waals surface area contributed by atoms with Gasteiger partial charge in [0.05, 0.1) is 17.9 Å². The van der Waals surface area contributed by atoms with Crippen LogP contribution in [0.4, 0.5) is 26.1 Å². The smallest absolute Gasteiger partial charge is 0.251 e. The van der Waals surface area contributed by atoms with Crippen LogP contribution in [0.2, 0.25) is 0 Å². The maximum atomic E-state index is 12.5. The number of nitrogens with two attached hydrogens (primary N) is 1. The van der Waals surface area contributed by atoms with Gasteiger partial charge in [0, 0.05) is 44.0 Å². The average Bonchev–Trinajstić information content (AvgIpc) is 3.06. The number of rotatable bonds is 8. The molecule has 37 heavy (non-hydrogen) atoms. The highest BCUT2D eigenvalue weighted by molar-refractivity contribution is 5.74. The Kier molecular flexibility index (Phi) is 8.44. The number of nitrogens with zero attached hydrogens (tertiary/aromatic N) is 7. The maximum Gasteiger partial charge on any atom is 0.251 e. The Morgan fingerprint density at radius 1 is 1.19 bits per heavy atom. The van der Waals surface area contributed by atoms with Gasteiger partial charge in [-0.25, -0.2) is 18.7 Å². The molecule has 4 rings (SSSR count). The van der Waals surface area contributed by atoms with E-state index in [4.69, 9.17) is 10.7 Å². The fourth-order valence-corrected chi connectivity index (χ4v) is 4.36. The summed E-state index contributed by atoms with van der Waals surface area (Å²) in [5.74, 6) is 1.82. The fraction of sp³-hybridized carbons (Fsp3) is 0.385. The van der Waals surface area contributed by atoms with Crippen molar-refractivity contribution in [2.75, 3.05) is 55.3 Å². The molecule has 1 aliphatic rings. The number of alkyl halides is 2. The number of aromatic hydroxyl groups is 1. The van der Waals surface area contributed by atoms with Gasteiger partial charge in [0.1, 0.15) is 11.6 Å². The molecule has 2 aromatic heterocycles. The Hall–Kier alpha value is -3.86. The van der Waals surface area contributed by atoms with Crippen LogP contribution in [-0.4, -0.2) is 82.4 Å². The number of para-hydroxylation sites is 1. The summed E-state index contributed by atoms with van der Waals surface area (Å²) in [6, 6.07) is 11.0. The lowest BCUT2D eigenvalue weighted by Crippen LogP contribution is -2.35.